The van der Waals surface area contributed by atoms with Gasteiger partial charge in [0, 0.05) is 38.2 Å². The number of hydrogen-bond donors (Lipinski definition) is 0. The van der Waals surface area contributed by atoms with Crippen LogP contribution in [-0.4, -0.2) is 57.1 Å². The van der Waals surface area contributed by atoms with E-state index in [0.29, 0.717) is 19.8 Å². The summed E-state index contributed by atoms with van der Waals surface area (Å²) in [6.45, 7) is 8.61. The Hall–Kier alpha value is -2.97. The minimum absolute atomic E-state index is 0.495. The third kappa shape index (κ3) is 3.96. The van der Waals surface area contributed by atoms with Crippen LogP contribution in [0.4, 0.5) is 5.82 Å². The second-order valence-electron chi connectivity index (χ2n) is 8.09. The molecule has 1 aromatic carbocycles. The molecule has 8 nitrogen and oxygen atoms in total. The van der Waals surface area contributed by atoms with Crippen LogP contribution < -0.4 is 4.90 Å². The number of benzene rings is 1. The zero-order valence-electron chi connectivity index (χ0n) is 18.8. The lowest BCUT2D eigenvalue weighted by Gasteiger charge is -2.29. The number of nitrogens with zero attached hydrogens (tertiary/aromatic N) is 6. The monoisotopic (exact) mass is 434 g/mol. The molecule has 3 aromatic heterocycles. The van der Waals surface area contributed by atoms with Gasteiger partial charge in [0.25, 0.3) is 0 Å². The van der Waals surface area contributed by atoms with Crippen LogP contribution >= 0.6 is 0 Å². The van der Waals surface area contributed by atoms with Gasteiger partial charge in [-0.1, -0.05) is 32.4 Å². The van der Waals surface area contributed by atoms with E-state index in [1.165, 1.54) is 0 Å². The van der Waals surface area contributed by atoms with E-state index >= 15 is 0 Å². The molecular weight excluding hydrogens is 404 g/mol. The average molecular weight is 435 g/mol. The largest absolute Gasteiger partial charge is 0.378 e. The molecule has 4 aromatic rings. The molecule has 8 heteroatoms. The number of rotatable bonds is 8. The molecule has 0 N–H and O–H groups in total. The number of ether oxygens (including phenoxy) is 2. The Morgan fingerprint density at radius 3 is 2.72 bits per heavy atom. The van der Waals surface area contributed by atoms with E-state index in [1.807, 2.05) is 22.7 Å². The minimum Gasteiger partial charge on any atom is -0.378 e. The van der Waals surface area contributed by atoms with Crippen molar-refractivity contribution < 1.29 is 9.47 Å². The highest BCUT2D eigenvalue weighted by Crippen LogP contribution is 2.26. The molecule has 4 heterocycles. The normalized spacial score (nSPS) is 14.6. The van der Waals surface area contributed by atoms with Crippen LogP contribution in [0.5, 0.6) is 0 Å². The number of fused-ring (bicyclic) bond motifs is 2. The quantitative estimate of drug-likeness (QED) is 0.393. The molecule has 0 unspecified atom stereocenters. The van der Waals surface area contributed by atoms with E-state index < -0.39 is 0 Å². The van der Waals surface area contributed by atoms with E-state index in [4.69, 9.17) is 24.5 Å². The SMILES string of the molecule is CCCCOCc1cc2nc(-n3c(CC)nc4ccccc43)cc(N3CCOCC3)n2n1. The molecule has 0 amide bonds. The molecule has 0 radical (unpaired) electrons. The van der Waals surface area contributed by atoms with Gasteiger partial charge in [-0.05, 0) is 18.6 Å². The Kier molecular flexibility index (Phi) is 6.05. The van der Waals surface area contributed by atoms with Crippen molar-refractivity contribution in [1.29, 1.82) is 0 Å². The summed E-state index contributed by atoms with van der Waals surface area (Å²) in [6.07, 6.45) is 3.00. The van der Waals surface area contributed by atoms with Gasteiger partial charge >= 0.3 is 0 Å². The summed E-state index contributed by atoms with van der Waals surface area (Å²) in [6, 6.07) is 12.4. The molecule has 1 saturated heterocycles. The maximum absolute atomic E-state index is 5.82. The van der Waals surface area contributed by atoms with Crippen molar-refractivity contribution in [2.24, 2.45) is 0 Å². The number of hydrogen-bond acceptors (Lipinski definition) is 6. The Bertz CT molecular complexity index is 1210. The standard InChI is InChI=1S/C24H30N6O2/c1-3-5-12-32-17-18-15-23-26-22(16-24(30(23)27-18)28-10-13-31-14-11-28)29-20-9-7-6-8-19(20)25-21(29)4-2/h6-9,15-16H,3-5,10-14,17H2,1-2H3. The summed E-state index contributed by atoms with van der Waals surface area (Å²) < 4.78 is 15.5. The summed E-state index contributed by atoms with van der Waals surface area (Å²) in [5, 5.41) is 4.83. The zero-order valence-corrected chi connectivity index (χ0v) is 18.8. The van der Waals surface area contributed by atoms with Crippen molar-refractivity contribution >= 4 is 22.5 Å². The fourth-order valence-corrected chi connectivity index (χ4v) is 4.19. The summed E-state index contributed by atoms with van der Waals surface area (Å²) >= 11 is 0. The summed E-state index contributed by atoms with van der Waals surface area (Å²) in [5.41, 5.74) is 3.76. The lowest BCUT2D eigenvalue weighted by atomic mass is 10.3. The summed E-state index contributed by atoms with van der Waals surface area (Å²) in [4.78, 5) is 12.2. The Balaban J connectivity index is 1.62. The first kappa shape index (κ1) is 20.9. The Morgan fingerprint density at radius 2 is 1.91 bits per heavy atom. The molecule has 32 heavy (non-hydrogen) atoms. The molecule has 1 aliphatic heterocycles. The van der Waals surface area contributed by atoms with Crippen molar-refractivity contribution in [1.82, 2.24) is 24.1 Å². The molecule has 0 spiro atoms. The molecule has 0 saturated carbocycles. The van der Waals surface area contributed by atoms with Gasteiger partial charge < -0.3 is 14.4 Å². The first-order valence-corrected chi connectivity index (χ1v) is 11.6. The van der Waals surface area contributed by atoms with Gasteiger partial charge in [0.15, 0.2) is 5.65 Å². The number of morpholine rings is 1. The Morgan fingerprint density at radius 1 is 1.06 bits per heavy atom. The highest BCUT2D eigenvalue weighted by molar-refractivity contribution is 5.78. The first-order chi connectivity index (χ1) is 15.8. The van der Waals surface area contributed by atoms with Gasteiger partial charge in [0.05, 0.1) is 36.5 Å². The number of imidazole rings is 1. The van der Waals surface area contributed by atoms with Crippen LogP contribution in [0.2, 0.25) is 0 Å². The second kappa shape index (κ2) is 9.26. The number of anilines is 1. The van der Waals surface area contributed by atoms with Crippen molar-refractivity contribution in [3.05, 3.63) is 47.9 Å². The lowest BCUT2D eigenvalue weighted by Crippen LogP contribution is -2.37. The van der Waals surface area contributed by atoms with E-state index in [2.05, 4.69) is 41.5 Å². The van der Waals surface area contributed by atoms with E-state index in [0.717, 1.165) is 78.8 Å². The van der Waals surface area contributed by atoms with Crippen LogP contribution in [-0.2, 0) is 22.5 Å². The van der Waals surface area contributed by atoms with Gasteiger partial charge in [0.1, 0.15) is 17.5 Å². The summed E-state index contributed by atoms with van der Waals surface area (Å²) in [7, 11) is 0. The number of aryl methyl sites for hydroxylation is 1. The number of unbranched alkanes of at least 4 members (excludes halogenated alkanes) is 1. The maximum atomic E-state index is 5.82. The van der Waals surface area contributed by atoms with Crippen LogP contribution in [0.3, 0.4) is 0 Å². The third-order valence-corrected chi connectivity index (χ3v) is 5.85. The van der Waals surface area contributed by atoms with Gasteiger partial charge in [-0.15, -0.1) is 0 Å². The summed E-state index contributed by atoms with van der Waals surface area (Å²) in [5.74, 6) is 2.88. The molecule has 1 aliphatic rings. The minimum atomic E-state index is 0.495. The molecule has 0 aliphatic carbocycles. The Labute approximate surface area is 187 Å². The average Bonchev–Trinajstić information content (AvgIpc) is 3.42. The van der Waals surface area contributed by atoms with E-state index in [9.17, 15) is 0 Å². The van der Waals surface area contributed by atoms with Gasteiger partial charge in [-0.3, -0.25) is 4.57 Å². The van der Waals surface area contributed by atoms with Crippen LogP contribution in [0.25, 0.3) is 22.5 Å². The number of aromatic nitrogens is 5. The fourth-order valence-electron chi connectivity index (χ4n) is 4.19. The molecule has 1 fully saturated rings. The second-order valence-corrected chi connectivity index (χ2v) is 8.09. The van der Waals surface area contributed by atoms with Crippen LogP contribution in [0.15, 0.2) is 36.4 Å². The molecule has 0 bridgehead atoms. The lowest BCUT2D eigenvalue weighted by molar-refractivity contribution is 0.115. The maximum Gasteiger partial charge on any atom is 0.160 e. The van der Waals surface area contributed by atoms with Gasteiger partial charge in [0.2, 0.25) is 0 Å². The molecule has 5 rings (SSSR count). The zero-order chi connectivity index (χ0) is 21.9. The molecular formula is C24H30N6O2. The highest BCUT2D eigenvalue weighted by Gasteiger charge is 2.20. The molecule has 168 valence electrons. The number of para-hydroxylation sites is 2. The van der Waals surface area contributed by atoms with E-state index in [-0.39, 0.29) is 0 Å². The van der Waals surface area contributed by atoms with Gasteiger partial charge in [-0.2, -0.15) is 9.61 Å². The fraction of sp³-hybridized carbons (Fsp3) is 0.458. The predicted molar refractivity (Wildman–Crippen MR) is 125 cm³/mol. The highest BCUT2D eigenvalue weighted by atomic mass is 16.5. The van der Waals surface area contributed by atoms with Crippen molar-refractivity contribution in [3.8, 4) is 5.82 Å². The van der Waals surface area contributed by atoms with Crippen molar-refractivity contribution in [3.63, 3.8) is 0 Å². The van der Waals surface area contributed by atoms with E-state index in [1.54, 1.807) is 0 Å². The topological polar surface area (TPSA) is 69.7 Å². The van der Waals surface area contributed by atoms with Crippen molar-refractivity contribution in [2.45, 2.75) is 39.7 Å². The smallest absolute Gasteiger partial charge is 0.160 e. The van der Waals surface area contributed by atoms with Crippen LogP contribution in [0, 0.1) is 0 Å². The van der Waals surface area contributed by atoms with Gasteiger partial charge in [-0.25, -0.2) is 9.97 Å². The first-order valence-electron chi connectivity index (χ1n) is 11.6. The third-order valence-electron chi connectivity index (χ3n) is 5.85. The predicted octanol–water partition coefficient (Wildman–Crippen LogP) is 3.78. The van der Waals surface area contributed by atoms with Crippen LogP contribution in [0.1, 0.15) is 38.2 Å². The molecule has 0 atom stereocenters. The van der Waals surface area contributed by atoms with Crippen molar-refractivity contribution in [2.75, 3.05) is 37.8 Å².